The van der Waals surface area contributed by atoms with Crippen molar-refractivity contribution in [3.8, 4) is 5.88 Å². The summed E-state index contributed by atoms with van der Waals surface area (Å²) >= 11 is 0. The minimum Gasteiger partial charge on any atom is -0.473 e. The molecular formula is C29H22N2O2. The van der Waals surface area contributed by atoms with E-state index in [4.69, 9.17) is 4.74 Å². The summed E-state index contributed by atoms with van der Waals surface area (Å²) < 4.78 is 5.69. The molecule has 0 saturated heterocycles. The van der Waals surface area contributed by atoms with E-state index < -0.39 is 0 Å². The van der Waals surface area contributed by atoms with Crippen molar-refractivity contribution in [1.29, 1.82) is 0 Å². The van der Waals surface area contributed by atoms with E-state index in [1.54, 1.807) is 6.07 Å². The first kappa shape index (κ1) is 20.5. The van der Waals surface area contributed by atoms with Crippen LogP contribution in [0.15, 0.2) is 120 Å². The highest BCUT2D eigenvalue weighted by Gasteiger charge is 2.00. The number of hydrogen-bond acceptors (Lipinski definition) is 3. The van der Waals surface area contributed by atoms with Gasteiger partial charge < -0.3 is 9.72 Å². The molecule has 33 heavy (non-hydrogen) atoms. The van der Waals surface area contributed by atoms with Crippen LogP contribution in [0.3, 0.4) is 0 Å². The molecule has 0 aliphatic carbocycles. The van der Waals surface area contributed by atoms with Gasteiger partial charge in [0.25, 0.3) is 0 Å². The van der Waals surface area contributed by atoms with Crippen molar-refractivity contribution in [1.82, 2.24) is 9.97 Å². The second-order valence-corrected chi connectivity index (χ2v) is 7.69. The lowest BCUT2D eigenvalue weighted by Gasteiger charge is -2.06. The zero-order valence-electron chi connectivity index (χ0n) is 17.9. The summed E-state index contributed by atoms with van der Waals surface area (Å²) in [5, 5.41) is 4.43. The second kappa shape index (κ2) is 9.37. The number of H-pyrrole nitrogens is 1. The molecule has 1 N–H and O–H groups in total. The zero-order valence-corrected chi connectivity index (χ0v) is 17.9. The number of fused-ring (bicyclic) bond motifs is 4. The van der Waals surface area contributed by atoms with Crippen LogP contribution in [0.25, 0.3) is 32.6 Å². The first-order valence-electron chi connectivity index (χ1n) is 10.8. The number of para-hydroxylation sites is 1. The van der Waals surface area contributed by atoms with Crippen LogP contribution in [0, 0.1) is 0 Å². The summed E-state index contributed by atoms with van der Waals surface area (Å²) in [6.07, 6.45) is 0. The molecule has 0 aliphatic rings. The standard InChI is InChI=1S/C16H13NO.C13H9NO/c1-2-6-13(7-3-1)12-18-16-11-10-14-8-4-5-9-15(14)17-16;15-12-8-7-10-6-5-9-3-1-2-4-11(9)13(10)14-12/h1-11H,12H2;1-8H,(H,14,15). The Bertz CT molecular complexity index is 1590. The largest absolute Gasteiger partial charge is 0.473 e. The number of hydrogen-bond donors (Lipinski definition) is 1. The van der Waals surface area contributed by atoms with Gasteiger partial charge in [0.15, 0.2) is 0 Å². The monoisotopic (exact) mass is 430 g/mol. The molecule has 0 unspecified atom stereocenters. The summed E-state index contributed by atoms with van der Waals surface area (Å²) in [4.78, 5) is 18.6. The van der Waals surface area contributed by atoms with Crippen molar-refractivity contribution >= 4 is 32.6 Å². The Labute approximate surface area is 191 Å². The van der Waals surface area contributed by atoms with E-state index in [0.29, 0.717) is 12.5 Å². The van der Waals surface area contributed by atoms with E-state index in [-0.39, 0.29) is 5.56 Å². The molecule has 6 aromatic rings. The lowest BCUT2D eigenvalue weighted by Crippen LogP contribution is -2.02. The van der Waals surface area contributed by atoms with E-state index in [1.165, 1.54) is 0 Å². The highest BCUT2D eigenvalue weighted by atomic mass is 16.5. The molecule has 0 atom stereocenters. The van der Waals surface area contributed by atoms with E-state index in [9.17, 15) is 4.79 Å². The average molecular weight is 431 g/mol. The van der Waals surface area contributed by atoms with Gasteiger partial charge in [-0.2, -0.15) is 0 Å². The maximum Gasteiger partial charge on any atom is 0.248 e. The summed E-state index contributed by atoms with van der Waals surface area (Å²) in [7, 11) is 0. The van der Waals surface area contributed by atoms with Gasteiger partial charge in [0, 0.05) is 22.9 Å². The molecule has 2 aromatic heterocycles. The van der Waals surface area contributed by atoms with Gasteiger partial charge in [-0.1, -0.05) is 84.9 Å². The number of ether oxygens (including phenoxy) is 1. The van der Waals surface area contributed by atoms with Crippen LogP contribution in [0.4, 0.5) is 0 Å². The number of rotatable bonds is 3. The smallest absolute Gasteiger partial charge is 0.248 e. The van der Waals surface area contributed by atoms with Gasteiger partial charge in [0.05, 0.1) is 11.0 Å². The highest BCUT2D eigenvalue weighted by Crippen LogP contribution is 2.22. The maximum absolute atomic E-state index is 11.3. The number of pyridine rings is 2. The predicted molar refractivity (Wildman–Crippen MR) is 135 cm³/mol. The third-order valence-electron chi connectivity index (χ3n) is 5.43. The lowest BCUT2D eigenvalue weighted by molar-refractivity contribution is 0.295. The molecule has 4 aromatic carbocycles. The molecule has 160 valence electrons. The Morgan fingerprint density at radius 3 is 2.18 bits per heavy atom. The summed E-state index contributed by atoms with van der Waals surface area (Å²) in [5.41, 5.74) is 2.97. The SMILES string of the molecule is O=c1ccc2ccc3ccccc3c2[nH]1.c1ccc(COc2ccc3ccccc3n2)cc1. The van der Waals surface area contributed by atoms with Crippen LogP contribution in [0.5, 0.6) is 5.88 Å². The van der Waals surface area contributed by atoms with Crippen LogP contribution in [0.2, 0.25) is 0 Å². The third-order valence-corrected chi connectivity index (χ3v) is 5.43. The molecule has 2 heterocycles. The van der Waals surface area contributed by atoms with Gasteiger partial charge in [-0.3, -0.25) is 4.79 Å². The van der Waals surface area contributed by atoms with Crippen LogP contribution in [-0.4, -0.2) is 9.97 Å². The molecule has 0 spiro atoms. The lowest BCUT2D eigenvalue weighted by atomic mass is 10.1. The van der Waals surface area contributed by atoms with Crippen LogP contribution < -0.4 is 10.3 Å². The van der Waals surface area contributed by atoms with Crippen LogP contribution in [0.1, 0.15) is 5.56 Å². The van der Waals surface area contributed by atoms with Gasteiger partial charge in [-0.15, -0.1) is 0 Å². The van der Waals surface area contributed by atoms with E-state index in [2.05, 4.69) is 16.0 Å². The zero-order chi connectivity index (χ0) is 22.5. The van der Waals surface area contributed by atoms with Crippen molar-refractivity contribution in [2.45, 2.75) is 6.61 Å². The number of nitrogens with zero attached hydrogens (tertiary/aromatic N) is 1. The molecule has 0 fully saturated rings. The third kappa shape index (κ3) is 4.75. The molecular weight excluding hydrogens is 408 g/mol. The van der Waals surface area contributed by atoms with Gasteiger partial charge in [-0.05, 0) is 34.5 Å². The van der Waals surface area contributed by atoms with Crippen molar-refractivity contribution in [2.24, 2.45) is 0 Å². The fourth-order valence-corrected chi connectivity index (χ4v) is 3.76. The quantitative estimate of drug-likeness (QED) is 0.326. The second-order valence-electron chi connectivity index (χ2n) is 7.69. The minimum absolute atomic E-state index is 0.0566. The number of aromatic amines is 1. The minimum atomic E-state index is -0.0566. The normalized spacial score (nSPS) is 10.7. The Kier molecular flexibility index (Phi) is 5.81. The Morgan fingerprint density at radius 2 is 1.30 bits per heavy atom. The molecule has 4 nitrogen and oxygen atoms in total. The Morgan fingerprint density at radius 1 is 0.636 bits per heavy atom. The number of nitrogens with one attached hydrogen (secondary N) is 1. The van der Waals surface area contributed by atoms with E-state index in [0.717, 1.165) is 38.1 Å². The predicted octanol–water partition coefficient (Wildman–Crippen LogP) is 6.50. The van der Waals surface area contributed by atoms with Gasteiger partial charge >= 0.3 is 0 Å². The highest BCUT2D eigenvalue weighted by molar-refractivity contribution is 6.04. The van der Waals surface area contributed by atoms with E-state index in [1.807, 2.05) is 103 Å². The summed E-state index contributed by atoms with van der Waals surface area (Å²) in [6.45, 7) is 0.548. The van der Waals surface area contributed by atoms with Gasteiger partial charge in [0.1, 0.15) is 6.61 Å². The number of aromatic nitrogens is 2. The molecule has 6 rings (SSSR count). The van der Waals surface area contributed by atoms with Crippen LogP contribution >= 0.6 is 0 Å². The molecule has 4 heteroatoms. The van der Waals surface area contributed by atoms with Gasteiger partial charge in [0.2, 0.25) is 11.4 Å². The molecule has 0 radical (unpaired) electrons. The van der Waals surface area contributed by atoms with Gasteiger partial charge in [-0.25, -0.2) is 4.98 Å². The average Bonchev–Trinajstić information content (AvgIpc) is 2.88. The van der Waals surface area contributed by atoms with Crippen molar-refractivity contribution in [3.05, 3.63) is 131 Å². The maximum atomic E-state index is 11.3. The topological polar surface area (TPSA) is 55.0 Å². The first-order chi connectivity index (χ1) is 16.3. The van der Waals surface area contributed by atoms with Crippen LogP contribution in [-0.2, 0) is 6.61 Å². The summed E-state index contributed by atoms with van der Waals surface area (Å²) in [6, 6.07) is 37.6. The van der Waals surface area contributed by atoms with Crippen molar-refractivity contribution in [3.63, 3.8) is 0 Å². The fraction of sp³-hybridized carbons (Fsp3) is 0.0345. The Balaban J connectivity index is 0.000000140. The summed E-state index contributed by atoms with van der Waals surface area (Å²) in [5.74, 6) is 0.664. The molecule has 0 amide bonds. The first-order valence-corrected chi connectivity index (χ1v) is 10.8. The van der Waals surface area contributed by atoms with Crippen molar-refractivity contribution in [2.75, 3.05) is 0 Å². The fourth-order valence-electron chi connectivity index (χ4n) is 3.76. The number of benzene rings is 4. The van der Waals surface area contributed by atoms with E-state index >= 15 is 0 Å². The molecule has 0 aliphatic heterocycles. The molecule has 0 bridgehead atoms. The Hall–Kier alpha value is -4.44. The van der Waals surface area contributed by atoms with Crippen molar-refractivity contribution < 1.29 is 4.74 Å². The molecule has 0 saturated carbocycles.